The molecule has 5 unspecified atom stereocenters. The number of ether oxygens (including phenoxy) is 2. The van der Waals surface area contributed by atoms with Gasteiger partial charge in [-0.05, 0) is 42.9 Å². The molecular formula is C22H30N2O4. The van der Waals surface area contributed by atoms with Crippen molar-refractivity contribution in [1.82, 2.24) is 4.90 Å². The van der Waals surface area contributed by atoms with Gasteiger partial charge in [-0.3, -0.25) is 9.69 Å². The predicted molar refractivity (Wildman–Crippen MR) is 107 cm³/mol. The number of hydrogen-bond donors (Lipinski definition) is 2. The van der Waals surface area contributed by atoms with Crippen molar-refractivity contribution in [2.45, 2.75) is 43.9 Å². The van der Waals surface area contributed by atoms with E-state index in [1.807, 2.05) is 18.2 Å². The Hall–Kier alpha value is -1.89. The van der Waals surface area contributed by atoms with Gasteiger partial charge in [-0.25, -0.2) is 0 Å². The highest BCUT2D eigenvalue weighted by Crippen LogP contribution is 2.53. The van der Waals surface area contributed by atoms with Crippen molar-refractivity contribution >= 4 is 11.6 Å². The standard InChI is InChI=1S/C22H30N2O4/c1-4-14-12-24-10-9-22(17-7-5-6-8-18(17)23-21(22)26)19(24)11-15(14)16(13-27-2)20(25)28-3/h5-8,13-15,19-20,25H,4,9-12H2,1-3H3,(H,23,26). The van der Waals surface area contributed by atoms with Crippen molar-refractivity contribution in [2.75, 3.05) is 32.6 Å². The number of benzene rings is 1. The van der Waals surface area contributed by atoms with Crippen LogP contribution in [0.4, 0.5) is 5.69 Å². The van der Waals surface area contributed by atoms with E-state index in [2.05, 4.69) is 23.2 Å². The Bertz CT molecular complexity index is 780. The molecule has 4 rings (SSSR count). The van der Waals surface area contributed by atoms with Crippen LogP contribution in [0.5, 0.6) is 0 Å². The van der Waals surface area contributed by atoms with E-state index in [0.29, 0.717) is 5.92 Å². The average Bonchev–Trinajstić information content (AvgIpc) is 3.23. The van der Waals surface area contributed by atoms with E-state index in [0.717, 1.165) is 49.2 Å². The zero-order chi connectivity index (χ0) is 19.9. The number of anilines is 1. The Labute approximate surface area is 166 Å². The first-order valence-electron chi connectivity index (χ1n) is 10.1. The Balaban J connectivity index is 1.73. The number of fused-ring (bicyclic) bond motifs is 4. The molecule has 3 heterocycles. The number of aliphatic hydroxyl groups excluding tert-OH is 1. The van der Waals surface area contributed by atoms with Crippen LogP contribution >= 0.6 is 0 Å². The third kappa shape index (κ3) is 2.78. The molecule has 1 spiro atoms. The zero-order valence-corrected chi connectivity index (χ0v) is 16.9. The molecule has 2 fully saturated rings. The van der Waals surface area contributed by atoms with Crippen molar-refractivity contribution in [3.8, 4) is 0 Å². The summed E-state index contributed by atoms with van der Waals surface area (Å²) >= 11 is 0. The van der Waals surface area contributed by atoms with Gasteiger partial charge in [0.25, 0.3) is 0 Å². The number of hydrogen-bond acceptors (Lipinski definition) is 5. The van der Waals surface area contributed by atoms with Crippen LogP contribution < -0.4 is 5.32 Å². The van der Waals surface area contributed by atoms with E-state index in [1.165, 1.54) is 7.11 Å². The largest absolute Gasteiger partial charge is 0.504 e. The lowest BCUT2D eigenvalue weighted by molar-refractivity contribution is -0.122. The van der Waals surface area contributed by atoms with Crippen LogP contribution in [0, 0.1) is 11.8 Å². The summed E-state index contributed by atoms with van der Waals surface area (Å²) in [5.41, 5.74) is 2.31. The fourth-order valence-electron chi connectivity index (χ4n) is 5.72. The minimum Gasteiger partial charge on any atom is -0.504 e. The van der Waals surface area contributed by atoms with Crippen LogP contribution in [0.1, 0.15) is 31.7 Å². The first-order chi connectivity index (χ1) is 13.6. The summed E-state index contributed by atoms with van der Waals surface area (Å²) in [6.45, 7) is 4.03. The molecule has 1 amide bonds. The van der Waals surface area contributed by atoms with Crippen molar-refractivity contribution in [2.24, 2.45) is 11.8 Å². The van der Waals surface area contributed by atoms with Crippen LogP contribution in [0.15, 0.2) is 36.1 Å². The number of amides is 1. The number of nitrogens with one attached hydrogen (secondary N) is 1. The maximum absolute atomic E-state index is 13.2. The Kier molecular flexibility index (Phi) is 5.21. The molecule has 28 heavy (non-hydrogen) atoms. The molecule has 6 nitrogen and oxygen atoms in total. The minimum absolute atomic E-state index is 0.105. The van der Waals surface area contributed by atoms with E-state index in [-0.39, 0.29) is 17.9 Å². The van der Waals surface area contributed by atoms with Gasteiger partial charge in [0.05, 0.1) is 18.8 Å². The Morgan fingerprint density at radius 1 is 1.43 bits per heavy atom. The second-order valence-corrected chi connectivity index (χ2v) is 8.18. The number of piperidine rings is 1. The third-order valence-corrected chi connectivity index (χ3v) is 7.09. The lowest BCUT2D eigenvalue weighted by atomic mass is 9.67. The summed E-state index contributed by atoms with van der Waals surface area (Å²) in [6.07, 6.45) is 3.27. The number of rotatable bonds is 5. The Morgan fingerprint density at radius 3 is 2.93 bits per heavy atom. The molecule has 2 saturated heterocycles. The number of carbonyl (C=O) groups excluding carboxylic acids is 1. The highest BCUT2D eigenvalue weighted by molar-refractivity contribution is 6.07. The quantitative estimate of drug-likeness (QED) is 0.601. The molecule has 0 saturated carbocycles. The van der Waals surface area contributed by atoms with Crippen molar-refractivity contribution < 1.29 is 19.4 Å². The molecule has 0 radical (unpaired) electrons. The molecule has 3 aliphatic heterocycles. The lowest BCUT2D eigenvalue weighted by Gasteiger charge is -2.45. The van der Waals surface area contributed by atoms with Crippen molar-refractivity contribution in [1.29, 1.82) is 0 Å². The van der Waals surface area contributed by atoms with Gasteiger partial charge in [-0.1, -0.05) is 31.5 Å². The molecule has 0 aromatic heterocycles. The topological polar surface area (TPSA) is 71.0 Å². The summed E-state index contributed by atoms with van der Waals surface area (Å²) in [6, 6.07) is 8.17. The fourth-order valence-corrected chi connectivity index (χ4v) is 5.72. The molecule has 1 aromatic rings. The van der Waals surface area contributed by atoms with E-state index in [9.17, 15) is 9.90 Å². The number of nitrogens with zero attached hydrogens (tertiary/aromatic N) is 1. The first-order valence-corrected chi connectivity index (χ1v) is 10.1. The molecule has 6 heteroatoms. The molecule has 2 N–H and O–H groups in total. The van der Waals surface area contributed by atoms with Gasteiger partial charge in [-0.2, -0.15) is 0 Å². The summed E-state index contributed by atoms with van der Waals surface area (Å²) in [4.78, 5) is 15.7. The van der Waals surface area contributed by atoms with E-state index in [4.69, 9.17) is 9.47 Å². The zero-order valence-electron chi connectivity index (χ0n) is 16.9. The van der Waals surface area contributed by atoms with Crippen LogP contribution in [-0.4, -0.2) is 55.6 Å². The molecule has 0 bridgehead atoms. The summed E-state index contributed by atoms with van der Waals surface area (Å²) in [7, 11) is 3.10. The maximum atomic E-state index is 13.2. The van der Waals surface area contributed by atoms with Crippen LogP contribution in [0.3, 0.4) is 0 Å². The van der Waals surface area contributed by atoms with E-state index < -0.39 is 11.7 Å². The molecule has 3 aliphatic rings. The van der Waals surface area contributed by atoms with E-state index >= 15 is 0 Å². The summed E-state index contributed by atoms with van der Waals surface area (Å²) in [5, 5.41) is 13.6. The van der Waals surface area contributed by atoms with Crippen LogP contribution in [-0.2, 0) is 19.7 Å². The Morgan fingerprint density at radius 2 is 2.21 bits per heavy atom. The van der Waals surface area contributed by atoms with Gasteiger partial charge in [0, 0.05) is 31.0 Å². The summed E-state index contributed by atoms with van der Waals surface area (Å²) in [5.74, 6) is 0.605. The monoisotopic (exact) mass is 386 g/mol. The van der Waals surface area contributed by atoms with E-state index in [1.54, 1.807) is 13.4 Å². The molecule has 0 aliphatic carbocycles. The second kappa shape index (κ2) is 7.50. The molecule has 1 aromatic carbocycles. The fraction of sp³-hybridized carbons (Fsp3) is 0.591. The van der Waals surface area contributed by atoms with Gasteiger partial charge in [-0.15, -0.1) is 0 Å². The molecule has 5 atom stereocenters. The average molecular weight is 386 g/mol. The molecule has 152 valence electrons. The first kappa shape index (κ1) is 19.4. The normalized spacial score (nSPS) is 33.5. The second-order valence-electron chi connectivity index (χ2n) is 8.18. The number of carbonyl (C=O) groups is 1. The highest BCUT2D eigenvalue weighted by atomic mass is 16.6. The predicted octanol–water partition coefficient (Wildman–Crippen LogP) is 2.49. The van der Waals surface area contributed by atoms with Gasteiger partial charge >= 0.3 is 0 Å². The number of aliphatic hydroxyl groups is 1. The molecular weight excluding hydrogens is 356 g/mol. The lowest BCUT2D eigenvalue weighted by Crippen LogP contribution is -2.54. The van der Waals surface area contributed by atoms with Crippen molar-refractivity contribution in [3.05, 3.63) is 41.7 Å². The smallest absolute Gasteiger partial charge is 0.236 e. The minimum atomic E-state index is -0.993. The van der Waals surface area contributed by atoms with Crippen LogP contribution in [0.2, 0.25) is 0 Å². The third-order valence-electron chi connectivity index (χ3n) is 7.09. The highest BCUT2D eigenvalue weighted by Gasteiger charge is 2.60. The van der Waals surface area contributed by atoms with Crippen LogP contribution in [0.25, 0.3) is 0 Å². The van der Waals surface area contributed by atoms with Crippen molar-refractivity contribution in [3.63, 3.8) is 0 Å². The van der Waals surface area contributed by atoms with Gasteiger partial charge < -0.3 is 19.9 Å². The summed E-state index contributed by atoms with van der Waals surface area (Å²) < 4.78 is 10.5. The number of para-hydroxylation sites is 1. The van der Waals surface area contributed by atoms with Gasteiger partial charge in [0.15, 0.2) is 6.29 Å². The SMILES string of the molecule is CCC1CN2CCC3(C(=O)Nc4ccccc43)C2CC1C(=COC)C(O)OC. The number of methoxy groups -OCH3 is 2. The van der Waals surface area contributed by atoms with Gasteiger partial charge in [0.2, 0.25) is 5.91 Å². The maximum Gasteiger partial charge on any atom is 0.236 e. The van der Waals surface area contributed by atoms with Gasteiger partial charge in [0.1, 0.15) is 0 Å².